The molecule has 3 N–H and O–H groups in total. The Morgan fingerprint density at radius 1 is 1.38 bits per heavy atom. The summed E-state index contributed by atoms with van der Waals surface area (Å²) >= 11 is 0. The molecule has 6 heteroatoms. The van der Waals surface area contributed by atoms with E-state index in [0.29, 0.717) is 13.2 Å². The topological polar surface area (TPSA) is 76.8 Å². The summed E-state index contributed by atoms with van der Waals surface area (Å²) in [4.78, 5) is 14.4. The van der Waals surface area contributed by atoms with Crippen LogP contribution < -0.4 is 15.8 Å². The number of likely N-dealkylation sites (tertiary alicyclic amines) is 1. The van der Waals surface area contributed by atoms with Crippen LogP contribution in [0.1, 0.15) is 24.8 Å². The van der Waals surface area contributed by atoms with Gasteiger partial charge in [0.15, 0.2) is 0 Å². The third-order valence-corrected chi connectivity index (χ3v) is 4.33. The number of hydrogen-bond acceptors (Lipinski definition) is 5. The molecule has 1 heterocycles. The molecule has 0 bridgehead atoms. The summed E-state index contributed by atoms with van der Waals surface area (Å²) in [7, 11) is 1.56. The van der Waals surface area contributed by atoms with Crippen LogP contribution in [0.4, 0.5) is 5.69 Å². The number of amides is 1. The lowest BCUT2D eigenvalue weighted by atomic mass is 10.2. The predicted octanol–water partition coefficient (Wildman–Crippen LogP) is 1.77. The van der Waals surface area contributed by atoms with Gasteiger partial charge in [0.05, 0.1) is 12.5 Å². The highest BCUT2D eigenvalue weighted by Crippen LogP contribution is 2.22. The van der Waals surface area contributed by atoms with Crippen molar-refractivity contribution < 1.29 is 14.3 Å². The van der Waals surface area contributed by atoms with Gasteiger partial charge in [0.1, 0.15) is 12.4 Å². The Morgan fingerprint density at radius 2 is 2.12 bits per heavy atom. The fourth-order valence-electron chi connectivity index (χ4n) is 2.86. The monoisotopic (exact) mass is 335 g/mol. The van der Waals surface area contributed by atoms with Crippen molar-refractivity contribution in [1.29, 1.82) is 0 Å². The predicted molar refractivity (Wildman–Crippen MR) is 95.4 cm³/mol. The summed E-state index contributed by atoms with van der Waals surface area (Å²) in [6.07, 6.45) is 2.59. The van der Waals surface area contributed by atoms with Gasteiger partial charge in [-0.2, -0.15) is 0 Å². The van der Waals surface area contributed by atoms with Gasteiger partial charge in [-0.25, -0.2) is 0 Å². The lowest BCUT2D eigenvalue weighted by molar-refractivity contribution is -0.118. The molecule has 1 aromatic rings. The second-order valence-corrected chi connectivity index (χ2v) is 6.22. The Kier molecular flexibility index (Phi) is 7.49. The minimum Gasteiger partial charge on any atom is -0.492 e. The Balaban J connectivity index is 1.81. The number of nitrogens with one attached hydrogen (secondary N) is 1. The first-order valence-electron chi connectivity index (χ1n) is 8.61. The maximum Gasteiger partial charge on any atom is 0.227 e. The van der Waals surface area contributed by atoms with E-state index in [9.17, 15) is 4.79 Å². The number of ether oxygens (including phenoxy) is 2. The Labute approximate surface area is 144 Å². The highest BCUT2D eigenvalue weighted by atomic mass is 16.5. The highest BCUT2D eigenvalue weighted by molar-refractivity contribution is 5.91. The van der Waals surface area contributed by atoms with Gasteiger partial charge in [0.25, 0.3) is 0 Å². The number of methoxy groups -OCH3 is 1. The molecule has 1 aliphatic heterocycles. The van der Waals surface area contributed by atoms with Crippen LogP contribution >= 0.6 is 0 Å². The summed E-state index contributed by atoms with van der Waals surface area (Å²) < 4.78 is 11.0. The van der Waals surface area contributed by atoms with Crippen molar-refractivity contribution in [2.45, 2.75) is 32.3 Å². The first-order chi connectivity index (χ1) is 11.6. The fourth-order valence-corrected chi connectivity index (χ4v) is 2.86. The Hall–Kier alpha value is -1.63. The molecule has 1 aliphatic rings. The molecule has 6 nitrogen and oxygen atoms in total. The molecular weight excluding hydrogens is 306 g/mol. The van der Waals surface area contributed by atoms with Crippen molar-refractivity contribution in [1.82, 2.24) is 4.90 Å². The Morgan fingerprint density at radius 3 is 2.75 bits per heavy atom. The van der Waals surface area contributed by atoms with Gasteiger partial charge < -0.3 is 20.5 Å². The van der Waals surface area contributed by atoms with Gasteiger partial charge in [-0.05, 0) is 56.6 Å². The third-order valence-electron chi connectivity index (χ3n) is 4.33. The first-order valence-corrected chi connectivity index (χ1v) is 8.61. The molecule has 24 heavy (non-hydrogen) atoms. The molecule has 1 saturated heterocycles. The molecule has 0 aromatic heterocycles. The number of aryl methyl sites for hydroxylation is 1. The maximum absolute atomic E-state index is 12.0. The minimum atomic E-state index is -0.251. The van der Waals surface area contributed by atoms with Crippen molar-refractivity contribution in [3.8, 4) is 5.75 Å². The molecular formula is C18H29N3O3. The van der Waals surface area contributed by atoms with Gasteiger partial charge in [-0.3, -0.25) is 9.69 Å². The van der Waals surface area contributed by atoms with E-state index in [1.807, 2.05) is 25.1 Å². The largest absolute Gasteiger partial charge is 0.492 e. The van der Waals surface area contributed by atoms with E-state index in [2.05, 4.69) is 10.2 Å². The molecule has 1 atom stereocenters. The van der Waals surface area contributed by atoms with Crippen LogP contribution in [0.5, 0.6) is 5.75 Å². The number of benzene rings is 1. The fraction of sp³-hybridized carbons (Fsp3) is 0.611. The van der Waals surface area contributed by atoms with Gasteiger partial charge in [-0.15, -0.1) is 0 Å². The van der Waals surface area contributed by atoms with E-state index in [1.54, 1.807) is 7.11 Å². The highest BCUT2D eigenvalue weighted by Gasteiger charge is 2.13. The van der Waals surface area contributed by atoms with Crippen LogP contribution in [0, 0.1) is 6.92 Å². The van der Waals surface area contributed by atoms with Crippen LogP contribution in [0.25, 0.3) is 0 Å². The molecule has 0 aliphatic carbocycles. The molecule has 1 amide bonds. The van der Waals surface area contributed by atoms with E-state index in [4.69, 9.17) is 15.2 Å². The number of nitrogens with two attached hydrogens (primary N) is 1. The second-order valence-electron chi connectivity index (χ2n) is 6.22. The zero-order chi connectivity index (χ0) is 17.4. The van der Waals surface area contributed by atoms with Crippen LogP contribution in [-0.2, 0) is 9.53 Å². The van der Waals surface area contributed by atoms with E-state index in [0.717, 1.165) is 23.5 Å². The van der Waals surface area contributed by atoms with E-state index >= 15 is 0 Å². The van der Waals surface area contributed by atoms with Crippen LogP contribution in [0.3, 0.4) is 0 Å². The summed E-state index contributed by atoms with van der Waals surface area (Å²) in [5.41, 5.74) is 7.31. The van der Waals surface area contributed by atoms with Crippen molar-refractivity contribution >= 4 is 11.6 Å². The molecule has 0 spiro atoms. The standard InChI is InChI=1S/C18H29N3O3/c1-14-11-15(20-18(22)12-16(13-19)23-2)5-6-17(14)24-10-9-21-7-3-4-8-21/h5-6,11,16H,3-4,7-10,12-13,19H2,1-2H3,(H,20,22). The minimum absolute atomic E-state index is 0.102. The van der Waals surface area contributed by atoms with E-state index in [-0.39, 0.29) is 18.4 Å². The molecule has 134 valence electrons. The van der Waals surface area contributed by atoms with E-state index < -0.39 is 0 Å². The SMILES string of the molecule is COC(CN)CC(=O)Nc1ccc(OCCN2CCCC2)c(C)c1. The molecule has 2 rings (SSSR count). The number of hydrogen-bond donors (Lipinski definition) is 2. The van der Waals surface area contributed by atoms with E-state index in [1.165, 1.54) is 25.9 Å². The lowest BCUT2D eigenvalue weighted by Gasteiger charge is -2.16. The molecule has 0 radical (unpaired) electrons. The zero-order valence-electron chi connectivity index (χ0n) is 14.7. The maximum atomic E-state index is 12.0. The number of anilines is 1. The molecule has 1 fully saturated rings. The number of carbonyl (C=O) groups excluding carboxylic acids is 1. The average molecular weight is 335 g/mol. The summed E-state index contributed by atoms with van der Waals surface area (Å²) in [6, 6.07) is 5.69. The van der Waals surface area contributed by atoms with Gasteiger partial charge in [-0.1, -0.05) is 0 Å². The molecule has 1 unspecified atom stereocenters. The van der Waals surface area contributed by atoms with Crippen molar-refractivity contribution in [3.05, 3.63) is 23.8 Å². The summed E-state index contributed by atoms with van der Waals surface area (Å²) in [5.74, 6) is 0.762. The van der Waals surface area contributed by atoms with Crippen LogP contribution in [0.2, 0.25) is 0 Å². The van der Waals surface area contributed by atoms with Crippen LogP contribution in [-0.4, -0.2) is 56.8 Å². The van der Waals surface area contributed by atoms with Crippen LogP contribution in [0.15, 0.2) is 18.2 Å². The number of carbonyl (C=O) groups is 1. The quantitative estimate of drug-likeness (QED) is 0.719. The average Bonchev–Trinajstić information content (AvgIpc) is 3.08. The Bertz CT molecular complexity index is 526. The summed E-state index contributed by atoms with van der Waals surface area (Å²) in [6.45, 7) is 6.33. The van der Waals surface area contributed by atoms with Gasteiger partial charge in [0, 0.05) is 25.9 Å². The number of nitrogens with zero attached hydrogens (tertiary/aromatic N) is 1. The van der Waals surface area contributed by atoms with Crippen molar-refractivity contribution in [3.63, 3.8) is 0 Å². The molecule has 1 aromatic carbocycles. The van der Waals surface area contributed by atoms with Crippen molar-refractivity contribution in [2.75, 3.05) is 45.2 Å². The molecule has 0 saturated carbocycles. The second kappa shape index (κ2) is 9.61. The normalized spacial score (nSPS) is 16.1. The van der Waals surface area contributed by atoms with Gasteiger partial charge >= 0.3 is 0 Å². The van der Waals surface area contributed by atoms with Gasteiger partial charge in [0.2, 0.25) is 5.91 Å². The zero-order valence-corrected chi connectivity index (χ0v) is 14.7. The van der Waals surface area contributed by atoms with Crippen molar-refractivity contribution in [2.24, 2.45) is 5.73 Å². The third kappa shape index (κ3) is 5.78. The summed E-state index contributed by atoms with van der Waals surface area (Å²) in [5, 5.41) is 2.87. The smallest absolute Gasteiger partial charge is 0.227 e. The first kappa shape index (κ1) is 18.7. The number of rotatable bonds is 9. The lowest BCUT2D eigenvalue weighted by Crippen LogP contribution is -2.28.